The number of amides is 1. The highest BCUT2D eigenvalue weighted by molar-refractivity contribution is 5.96. The second kappa shape index (κ2) is 5.32. The molecule has 0 aliphatic heterocycles. The first-order chi connectivity index (χ1) is 7.54. The summed E-state index contributed by atoms with van der Waals surface area (Å²) in [5.41, 5.74) is 6.93. The summed E-state index contributed by atoms with van der Waals surface area (Å²) in [7, 11) is 0. The Morgan fingerprint density at radius 3 is 3.00 bits per heavy atom. The Kier molecular flexibility index (Phi) is 4.08. The smallest absolute Gasteiger partial charge is 0.241 e. The van der Waals surface area contributed by atoms with Gasteiger partial charge in [-0.3, -0.25) is 4.79 Å². The van der Waals surface area contributed by atoms with Crippen molar-refractivity contribution in [3.8, 4) is 5.75 Å². The van der Waals surface area contributed by atoms with Gasteiger partial charge in [0, 0.05) is 0 Å². The minimum atomic E-state index is -0.641. The van der Waals surface area contributed by atoms with E-state index in [0.29, 0.717) is 12.1 Å². The molecule has 16 heavy (non-hydrogen) atoms. The van der Waals surface area contributed by atoms with Gasteiger partial charge in [-0.15, -0.1) is 6.58 Å². The highest BCUT2D eigenvalue weighted by atomic mass is 16.3. The number of hydrogen-bond acceptors (Lipinski definition) is 3. The van der Waals surface area contributed by atoms with Crippen LogP contribution in [0.3, 0.4) is 0 Å². The normalized spacial score (nSPS) is 11.9. The second-order valence-electron chi connectivity index (χ2n) is 3.64. The van der Waals surface area contributed by atoms with E-state index in [1.165, 1.54) is 6.07 Å². The van der Waals surface area contributed by atoms with E-state index in [9.17, 15) is 9.90 Å². The van der Waals surface area contributed by atoms with Crippen molar-refractivity contribution in [2.24, 2.45) is 5.73 Å². The second-order valence-corrected chi connectivity index (χ2v) is 3.64. The number of hydrogen-bond donors (Lipinski definition) is 3. The van der Waals surface area contributed by atoms with Gasteiger partial charge in [-0.25, -0.2) is 0 Å². The van der Waals surface area contributed by atoms with E-state index >= 15 is 0 Å². The molecule has 1 amide bonds. The van der Waals surface area contributed by atoms with Gasteiger partial charge in [0.1, 0.15) is 5.75 Å². The molecule has 0 bridgehead atoms. The van der Waals surface area contributed by atoms with Crippen molar-refractivity contribution in [3.05, 3.63) is 36.4 Å². The SMILES string of the molecule is C=CCC(N)C(=O)Nc1cc(C)ccc1O. The number of phenolic OH excluding ortho intramolecular Hbond substituents is 1. The molecule has 0 aromatic heterocycles. The fourth-order valence-corrected chi connectivity index (χ4v) is 1.26. The number of carbonyl (C=O) groups is 1. The van der Waals surface area contributed by atoms with Gasteiger partial charge in [0.25, 0.3) is 0 Å². The van der Waals surface area contributed by atoms with Crippen LogP contribution in [0.2, 0.25) is 0 Å². The minimum absolute atomic E-state index is 0.0322. The molecule has 0 aliphatic carbocycles. The first-order valence-electron chi connectivity index (χ1n) is 5.01. The molecule has 1 atom stereocenters. The first kappa shape index (κ1) is 12.3. The highest BCUT2D eigenvalue weighted by Gasteiger charge is 2.13. The van der Waals surface area contributed by atoms with Crippen LogP contribution in [0.15, 0.2) is 30.9 Å². The Labute approximate surface area is 94.8 Å². The van der Waals surface area contributed by atoms with Gasteiger partial charge < -0.3 is 16.2 Å². The van der Waals surface area contributed by atoms with E-state index in [0.717, 1.165) is 5.56 Å². The van der Waals surface area contributed by atoms with E-state index < -0.39 is 6.04 Å². The molecule has 0 aliphatic rings. The molecule has 0 fully saturated rings. The number of aromatic hydroxyl groups is 1. The maximum Gasteiger partial charge on any atom is 0.241 e. The van der Waals surface area contributed by atoms with Gasteiger partial charge in [0.2, 0.25) is 5.91 Å². The zero-order valence-corrected chi connectivity index (χ0v) is 9.23. The summed E-state index contributed by atoms with van der Waals surface area (Å²) < 4.78 is 0. The largest absolute Gasteiger partial charge is 0.506 e. The van der Waals surface area contributed by atoms with Crippen LogP contribution >= 0.6 is 0 Å². The van der Waals surface area contributed by atoms with E-state index in [-0.39, 0.29) is 11.7 Å². The van der Waals surface area contributed by atoms with Crippen molar-refractivity contribution in [1.82, 2.24) is 0 Å². The van der Waals surface area contributed by atoms with Gasteiger partial charge in [0.05, 0.1) is 11.7 Å². The molecule has 1 aromatic carbocycles. The minimum Gasteiger partial charge on any atom is -0.506 e. The molecule has 0 spiro atoms. The predicted octanol–water partition coefficient (Wildman–Crippen LogP) is 1.54. The molecular formula is C12H16N2O2. The number of anilines is 1. The average Bonchev–Trinajstić information content (AvgIpc) is 2.23. The molecule has 1 aromatic rings. The quantitative estimate of drug-likeness (QED) is 0.532. The standard InChI is InChI=1S/C12H16N2O2/c1-3-4-9(13)12(16)14-10-7-8(2)5-6-11(10)15/h3,5-7,9,15H,1,4,13H2,2H3,(H,14,16). The third-order valence-electron chi connectivity index (χ3n) is 2.17. The van der Waals surface area contributed by atoms with Crippen molar-refractivity contribution >= 4 is 11.6 Å². The van der Waals surface area contributed by atoms with Crippen LogP contribution in [-0.4, -0.2) is 17.1 Å². The van der Waals surface area contributed by atoms with Crippen LogP contribution in [0.4, 0.5) is 5.69 Å². The number of benzene rings is 1. The fourth-order valence-electron chi connectivity index (χ4n) is 1.26. The molecule has 4 heteroatoms. The molecule has 1 unspecified atom stereocenters. The summed E-state index contributed by atoms with van der Waals surface area (Å²) in [5, 5.41) is 12.1. The number of carbonyl (C=O) groups excluding carboxylic acids is 1. The van der Waals surface area contributed by atoms with Gasteiger partial charge in [-0.05, 0) is 31.0 Å². The summed E-state index contributed by atoms with van der Waals surface area (Å²) in [6.07, 6.45) is 1.98. The van der Waals surface area contributed by atoms with Crippen LogP contribution in [0.5, 0.6) is 5.75 Å². The Bertz CT molecular complexity index is 402. The highest BCUT2D eigenvalue weighted by Crippen LogP contribution is 2.23. The number of nitrogens with one attached hydrogen (secondary N) is 1. The third kappa shape index (κ3) is 3.10. The maximum absolute atomic E-state index is 11.6. The first-order valence-corrected chi connectivity index (χ1v) is 5.01. The summed E-state index contributed by atoms with van der Waals surface area (Å²) in [6, 6.07) is 4.34. The number of aryl methyl sites for hydroxylation is 1. The zero-order chi connectivity index (χ0) is 12.1. The third-order valence-corrected chi connectivity index (χ3v) is 2.17. The molecule has 0 saturated heterocycles. The number of phenols is 1. The lowest BCUT2D eigenvalue weighted by Gasteiger charge is -2.11. The molecule has 86 valence electrons. The maximum atomic E-state index is 11.6. The van der Waals surface area contributed by atoms with Crippen LogP contribution < -0.4 is 11.1 Å². The van der Waals surface area contributed by atoms with Crippen molar-refractivity contribution in [1.29, 1.82) is 0 Å². The number of rotatable bonds is 4. The molecule has 0 heterocycles. The summed E-state index contributed by atoms with van der Waals surface area (Å²) in [6.45, 7) is 5.39. The topological polar surface area (TPSA) is 75.4 Å². The van der Waals surface area contributed by atoms with Crippen molar-refractivity contribution < 1.29 is 9.90 Å². The van der Waals surface area contributed by atoms with E-state index in [4.69, 9.17) is 5.73 Å². The molecule has 4 nitrogen and oxygen atoms in total. The molecular weight excluding hydrogens is 204 g/mol. The predicted molar refractivity (Wildman–Crippen MR) is 64.3 cm³/mol. The summed E-state index contributed by atoms with van der Waals surface area (Å²) in [4.78, 5) is 11.6. The van der Waals surface area contributed by atoms with Crippen molar-refractivity contribution in [2.75, 3.05) is 5.32 Å². The fraction of sp³-hybridized carbons (Fsp3) is 0.250. The Balaban J connectivity index is 2.76. The van der Waals surface area contributed by atoms with Gasteiger partial charge in [-0.2, -0.15) is 0 Å². The molecule has 4 N–H and O–H groups in total. The van der Waals surface area contributed by atoms with E-state index in [1.54, 1.807) is 18.2 Å². The molecule has 0 saturated carbocycles. The molecule has 1 rings (SSSR count). The van der Waals surface area contributed by atoms with E-state index in [2.05, 4.69) is 11.9 Å². The lowest BCUT2D eigenvalue weighted by atomic mass is 10.1. The van der Waals surface area contributed by atoms with E-state index in [1.807, 2.05) is 6.92 Å². The van der Waals surface area contributed by atoms with Crippen molar-refractivity contribution in [3.63, 3.8) is 0 Å². The van der Waals surface area contributed by atoms with Crippen LogP contribution in [0.1, 0.15) is 12.0 Å². The average molecular weight is 220 g/mol. The van der Waals surface area contributed by atoms with Crippen LogP contribution in [0, 0.1) is 6.92 Å². The van der Waals surface area contributed by atoms with Gasteiger partial charge in [0.15, 0.2) is 0 Å². The zero-order valence-electron chi connectivity index (χ0n) is 9.23. The Hall–Kier alpha value is -1.81. The Morgan fingerprint density at radius 1 is 1.69 bits per heavy atom. The Morgan fingerprint density at radius 2 is 2.38 bits per heavy atom. The van der Waals surface area contributed by atoms with Gasteiger partial charge >= 0.3 is 0 Å². The molecule has 0 radical (unpaired) electrons. The van der Waals surface area contributed by atoms with Crippen LogP contribution in [-0.2, 0) is 4.79 Å². The monoisotopic (exact) mass is 220 g/mol. The van der Waals surface area contributed by atoms with Gasteiger partial charge in [-0.1, -0.05) is 12.1 Å². The number of nitrogens with two attached hydrogens (primary N) is 1. The summed E-state index contributed by atoms with van der Waals surface area (Å²) >= 11 is 0. The lowest BCUT2D eigenvalue weighted by molar-refractivity contribution is -0.117. The van der Waals surface area contributed by atoms with Crippen molar-refractivity contribution in [2.45, 2.75) is 19.4 Å². The van der Waals surface area contributed by atoms with Crippen LogP contribution in [0.25, 0.3) is 0 Å². The summed E-state index contributed by atoms with van der Waals surface area (Å²) in [5.74, 6) is -0.300. The lowest BCUT2D eigenvalue weighted by Crippen LogP contribution is -2.35.